The number of amides is 2. The monoisotopic (exact) mass is 565 g/mol. The Balaban J connectivity index is 2.06. The minimum atomic E-state index is -4.26. The molecule has 0 heterocycles. The van der Waals surface area contributed by atoms with Gasteiger partial charge in [-0.3, -0.25) is 13.9 Å². The molecule has 37 heavy (non-hydrogen) atoms. The van der Waals surface area contributed by atoms with E-state index in [0.29, 0.717) is 6.54 Å². The highest BCUT2D eigenvalue weighted by Gasteiger charge is 2.33. The van der Waals surface area contributed by atoms with E-state index in [9.17, 15) is 22.4 Å². The first-order valence-electron chi connectivity index (χ1n) is 11.4. The van der Waals surface area contributed by atoms with Gasteiger partial charge in [0.2, 0.25) is 11.8 Å². The first-order valence-corrected chi connectivity index (χ1v) is 13.6. The van der Waals surface area contributed by atoms with E-state index in [2.05, 4.69) is 5.32 Å². The lowest BCUT2D eigenvalue weighted by molar-refractivity contribution is -0.139. The number of likely N-dealkylation sites (N-methyl/N-ethyl adjacent to an activating group) is 1. The molecule has 0 bridgehead atoms. The van der Waals surface area contributed by atoms with Crippen LogP contribution in [-0.4, -0.2) is 44.3 Å². The highest BCUT2D eigenvalue weighted by atomic mass is 35.5. The number of halogens is 3. The van der Waals surface area contributed by atoms with E-state index in [1.807, 2.05) is 0 Å². The van der Waals surface area contributed by atoms with Gasteiger partial charge >= 0.3 is 0 Å². The minimum Gasteiger partial charge on any atom is -0.355 e. The Morgan fingerprint density at radius 3 is 2.16 bits per heavy atom. The molecule has 3 rings (SSSR count). The molecule has 196 valence electrons. The predicted molar refractivity (Wildman–Crippen MR) is 143 cm³/mol. The maximum atomic E-state index is 14.5. The summed E-state index contributed by atoms with van der Waals surface area (Å²) in [5.74, 6) is -1.74. The normalized spacial score (nSPS) is 12.0. The van der Waals surface area contributed by atoms with Crippen LogP contribution in [0.2, 0.25) is 10.0 Å². The predicted octanol–water partition coefficient (Wildman–Crippen LogP) is 4.88. The minimum absolute atomic E-state index is 0.0590. The van der Waals surface area contributed by atoms with E-state index < -0.39 is 40.2 Å². The van der Waals surface area contributed by atoms with Gasteiger partial charge in [-0.2, -0.15) is 0 Å². The smallest absolute Gasteiger partial charge is 0.264 e. The number of hydrogen-bond donors (Lipinski definition) is 1. The molecular formula is C26H26Cl2FN3O4S. The average Bonchev–Trinajstić information content (AvgIpc) is 2.86. The van der Waals surface area contributed by atoms with Crippen LogP contribution in [0.4, 0.5) is 10.1 Å². The van der Waals surface area contributed by atoms with Gasteiger partial charge in [-0.15, -0.1) is 0 Å². The molecule has 3 aromatic rings. The zero-order valence-corrected chi connectivity index (χ0v) is 22.5. The number of carbonyl (C=O) groups is 2. The summed E-state index contributed by atoms with van der Waals surface area (Å²) in [7, 11) is -4.26. The number of rotatable bonds is 10. The molecule has 0 aliphatic heterocycles. The third-order valence-electron chi connectivity index (χ3n) is 5.56. The topological polar surface area (TPSA) is 86.8 Å². The van der Waals surface area contributed by atoms with E-state index in [1.165, 1.54) is 55.5 Å². The van der Waals surface area contributed by atoms with Crippen molar-refractivity contribution in [1.82, 2.24) is 10.2 Å². The van der Waals surface area contributed by atoms with Crippen LogP contribution in [0.15, 0.2) is 77.7 Å². The van der Waals surface area contributed by atoms with Crippen LogP contribution in [-0.2, 0) is 26.2 Å². The number of benzene rings is 3. The van der Waals surface area contributed by atoms with Crippen LogP contribution >= 0.6 is 23.2 Å². The molecule has 0 fully saturated rings. The fourth-order valence-electron chi connectivity index (χ4n) is 3.65. The summed E-state index contributed by atoms with van der Waals surface area (Å²) >= 11 is 12.3. The van der Waals surface area contributed by atoms with Crippen LogP contribution < -0.4 is 9.62 Å². The number of nitrogens with one attached hydrogen (secondary N) is 1. The van der Waals surface area contributed by atoms with Crippen LogP contribution in [0.5, 0.6) is 0 Å². The molecule has 11 heteroatoms. The summed E-state index contributed by atoms with van der Waals surface area (Å²) in [5.41, 5.74) is 0.237. The van der Waals surface area contributed by atoms with Crippen molar-refractivity contribution in [3.05, 3.63) is 94.2 Å². The molecule has 3 aromatic carbocycles. The summed E-state index contributed by atoms with van der Waals surface area (Å²) < 4.78 is 42.7. The summed E-state index contributed by atoms with van der Waals surface area (Å²) in [6, 6.07) is 16.6. The lowest BCUT2D eigenvalue weighted by Crippen LogP contribution is -2.51. The first kappa shape index (κ1) is 28.4. The quantitative estimate of drug-likeness (QED) is 0.379. The molecule has 1 unspecified atom stereocenters. The molecule has 0 saturated heterocycles. The highest BCUT2D eigenvalue weighted by Crippen LogP contribution is 2.30. The highest BCUT2D eigenvalue weighted by molar-refractivity contribution is 7.92. The van der Waals surface area contributed by atoms with E-state index >= 15 is 0 Å². The maximum absolute atomic E-state index is 14.5. The van der Waals surface area contributed by atoms with Crippen molar-refractivity contribution >= 4 is 50.7 Å². The summed E-state index contributed by atoms with van der Waals surface area (Å²) in [6.45, 7) is 2.60. The second-order valence-electron chi connectivity index (χ2n) is 8.14. The number of carbonyl (C=O) groups excluding carboxylic acids is 2. The Bertz CT molecular complexity index is 1350. The molecule has 0 aliphatic carbocycles. The van der Waals surface area contributed by atoms with Crippen molar-refractivity contribution < 1.29 is 22.4 Å². The lowest BCUT2D eigenvalue weighted by atomic mass is 10.1. The molecule has 1 N–H and O–H groups in total. The number of hydrogen-bond acceptors (Lipinski definition) is 4. The summed E-state index contributed by atoms with van der Waals surface area (Å²) in [5, 5.41) is 2.98. The maximum Gasteiger partial charge on any atom is 0.264 e. The molecule has 0 aliphatic rings. The Hall–Kier alpha value is -3.14. The van der Waals surface area contributed by atoms with Crippen LogP contribution in [0.25, 0.3) is 0 Å². The van der Waals surface area contributed by atoms with Gasteiger partial charge in [-0.1, -0.05) is 59.6 Å². The Morgan fingerprint density at radius 2 is 1.57 bits per heavy atom. The van der Waals surface area contributed by atoms with E-state index in [4.69, 9.17) is 23.2 Å². The zero-order valence-electron chi connectivity index (χ0n) is 20.2. The van der Waals surface area contributed by atoms with Gasteiger partial charge < -0.3 is 10.2 Å². The number of sulfonamides is 1. The SMILES string of the molecule is CCNC(=O)C(C)N(Cc1ccccc1F)C(=O)CN(c1cc(Cl)cc(Cl)c1)S(=O)(=O)c1ccccc1. The van der Waals surface area contributed by atoms with Crippen molar-refractivity contribution in [2.24, 2.45) is 0 Å². The van der Waals surface area contributed by atoms with Crippen LogP contribution in [0.3, 0.4) is 0 Å². The van der Waals surface area contributed by atoms with Crippen molar-refractivity contribution in [1.29, 1.82) is 0 Å². The molecule has 0 aromatic heterocycles. The van der Waals surface area contributed by atoms with Crippen molar-refractivity contribution in [3.8, 4) is 0 Å². The largest absolute Gasteiger partial charge is 0.355 e. The fraction of sp³-hybridized carbons (Fsp3) is 0.231. The molecule has 0 spiro atoms. The average molecular weight is 566 g/mol. The molecule has 7 nitrogen and oxygen atoms in total. The number of anilines is 1. The van der Waals surface area contributed by atoms with Crippen molar-refractivity contribution in [3.63, 3.8) is 0 Å². The van der Waals surface area contributed by atoms with Crippen LogP contribution in [0, 0.1) is 5.82 Å². The third-order valence-corrected chi connectivity index (χ3v) is 7.79. The van der Waals surface area contributed by atoms with Gasteiger partial charge in [0.1, 0.15) is 18.4 Å². The second kappa shape index (κ2) is 12.4. The van der Waals surface area contributed by atoms with Gasteiger partial charge in [-0.25, -0.2) is 12.8 Å². The molecule has 0 saturated carbocycles. The molecule has 1 atom stereocenters. The summed E-state index contributed by atoms with van der Waals surface area (Å²) in [4.78, 5) is 27.4. The van der Waals surface area contributed by atoms with Gasteiger partial charge in [0, 0.05) is 28.7 Å². The molecule has 2 amide bonds. The zero-order chi connectivity index (χ0) is 27.2. The molecule has 0 radical (unpaired) electrons. The number of nitrogens with zero attached hydrogens (tertiary/aromatic N) is 2. The first-order chi connectivity index (χ1) is 17.5. The fourth-order valence-corrected chi connectivity index (χ4v) is 5.58. The summed E-state index contributed by atoms with van der Waals surface area (Å²) in [6.07, 6.45) is 0. The second-order valence-corrected chi connectivity index (χ2v) is 10.9. The van der Waals surface area contributed by atoms with Crippen molar-refractivity contribution in [2.75, 3.05) is 17.4 Å². The lowest BCUT2D eigenvalue weighted by Gasteiger charge is -2.32. The Kier molecular flexibility index (Phi) is 9.53. The van der Waals surface area contributed by atoms with Gasteiger partial charge in [0.15, 0.2) is 0 Å². The molecular weight excluding hydrogens is 540 g/mol. The van der Waals surface area contributed by atoms with Crippen LogP contribution in [0.1, 0.15) is 19.4 Å². The van der Waals surface area contributed by atoms with Gasteiger partial charge in [0.05, 0.1) is 10.6 Å². The Labute approximate surface area is 225 Å². The van der Waals surface area contributed by atoms with Crippen molar-refractivity contribution in [2.45, 2.75) is 31.3 Å². The van der Waals surface area contributed by atoms with Gasteiger partial charge in [-0.05, 0) is 50.2 Å². The van der Waals surface area contributed by atoms with E-state index in [1.54, 1.807) is 31.2 Å². The Morgan fingerprint density at radius 1 is 0.973 bits per heavy atom. The van der Waals surface area contributed by atoms with E-state index in [0.717, 1.165) is 9.21 Å². The van der Waals surface area contributed by atoms with E-state index in [-0.39, 0.29) is 32.7 Å². The van der Waals surface area contributed by atoms with Gasteiger partial charge in [0.25, 0.3) is 10.0 Å². The third kappa shape index (κ3) is 7.00. The standard InChI is InChI=1S/C26H26Cl2FN3O4S/c1-3-30-26(34)18(2)31(16-19-9-7-8-12-24(19)29)25(33)17-32(22-14-20(27)13-21(28)15-22)37(35,36)23-10-5-4-6-11-23/h4-15,18H,3,16-17H2,1-2H3,(H,30,34).